The van der Waals surface area contributed by atoms with Crippen molar-refractivity contribution >= 4 is 34.0 Å². The van der Waals surface area contributed by atoms with Gasteiger partial charge in [0.1, 0.15) is 23.9 Å². The highest BCUT2D eigenvalue weighted by Crippen LogP contribution is 2.34. The number of nitrogens with one attached hydrogen (secondary N) is 1. The van der Waals surface area contributed by atoms with Crippen molar-refractivity contribution < 1.29 is 22.6 Å². The van der Waals surface area contributed by atoms with Crippen LogP contribution >= 0.6 is 11.6 Å². The summed E-state index contributed by atoms with van der Waals surface area (Å²) in [6.45, 7) is 5.59. The van der Waals surface area contributed by atoms with Crippen molar-refractivity contribution in [2.75, 3.05) is 31.6 Å². The molecule has 1 aliphatic heterocycles. The second-order valence-electron chi connectivity index (χ2n) is 8.04. The van der Waals surface area contributed by atoms with Gasteiger partial charge in [0.15, 0.2) is 0 Å². The molecule has 5 nitrogen and oxygen atoms in total. The first kappa shape index (κ1) is 23.4. The van der Waals surface area contributed by atoms with Crippen molar-refractivity contribution in [2.45, 2.75) is 32.5 Å². The summed E-state index contributed by atoms with van der Waals surface area (Å²) >= 11 is 6.42. The second-order valence-corrected chi connectivity index (χ2v) is 8.45. The average molecular weight is 480 g/mol. The van der Waals surface area contributed by atoms with Crippen LogP contribution in [0.15, 0.2) is 42.5 Å². The van der Waals surface area contributed by atoms with Crippen molar-refractivity contribution in [1.29, 1.82) is 0 Å². The third-order valence-electron chi connectivity index (χ3n) is 5.55. The van der Waals surface area contributed by atoms with Gasteiger partial charge in [0, 0.05) is 17.6 Å². The van der Waals surface area contributed by atoms with Crippen LogP contribution in [0.4, 0.5) is 24.7 Å². The maximum Gasteiger partial charge on any atom is 0.573 e. The first-order chi connectivity index (χ1) is 15.8. The third kappa shape index (κ3) is 6.21. The molecule has 2 aromatic carbocycles. The minimum atomic E-state index is -4.73. The zero-order valence-corrected chi connectivity index (χ0v) is 19.0. The molecule has 1 fully saturated rings. The van der Waals surface area contributed by atoms with E-state index in [0.717, 1.165) is 36.3 Å². The number of ether oxygens (including phenoxy) is 2. The van der Waals surface area contributed by atoms with E-state index in [-0.39, 0.29) is 5.75 Å². The van der Waals surface area contributed by atoms with Crippen LogP contribution < -0.4 is 14.8 Å². The van der Waals surface area contributed by atoms with E-state index in [2.05, 4.69) is 19.9 Å². The fourth-order valence-electron chi connectivity index (χ4n) is 3.90. The Morgan fingerprint density at radius 3 is 2.48 bits per heavy atom. The fraction of sp³-hybridized carbons (Fsp3) is 0.375. The van der Waals surface area contributed by atoms with Gasteiger partial charge in [0.2, 0.25) is 0 Å². The monoisotopic (exact) mass is 479 g/mol. The Balaban J connectivity index is 1.49. The topological polar surface area (TPSA) is 46.6 Å². The Morgan fingerprint density at radius 2 is 1.79 bits per heavy atom. The Morgan fingerprint density at radius 1 is 1.06 bits per heavy atom. The largest absolute Gasteiger partial charge is 0.573 e. The maximum absolute atomic E-state index is 12.4. The number of fused-ring (bicyclic) bond motifs is 1. The van der Waals surface area contributed by atoms with E-state index in [9.17, 15) is 13.2 Å². The molecule has 0 bridgehead atoms. The van der Waals surface area contributed by atoms with Gasteiger partial charge in [-0.1, -0.05) is 18.0 Å². The summed E-state index contributed by atoms with van der Waals surface area (Å²) in [5.74, 6) is 0.993. The van der Waals surface area contributed by atoms with Gasteiger partial charge in [0.25, 0.3) is 0 Å². The van der Waals surface area contributed by atoms with Crippen LogP contribution in [0, 0.1) is 6.92 Å². The zero-order valence-electron chi connectivity index (χ0n) is 18.2. The number of benzene rings is 2. The van der Waals surface area contributed by atoms with Gasteiger partial charge in [-0.2, -0.15) is 0 Å². The highest BCUT2D eigenvalue weighted by Gasteiger charge is 2.31. The molecule has 0 radical (unpaired) electrons. The summed E-state index contributed by atoms with van der Waals surface area (Å²) in [6, 6.07) is 11.0. The minimum Gasteiger partial charge on any atom is -0.492 e. The molecular formula is C24H25ClF3N3O2. The molecular weight excluding hydrogens is 455 g/mol. The Hall–Kier alpha value is -2.71. The van der Waals surface area contributed by atoms with Crippen LogP contribution in [0.25, 0.3) is 10.9 Å². The lowest BCUT2D eigenvalue weighted by molar-refractivity contribution is -0.274. The lowest BCUT2D eigenvalue weighted by Gasteiger charge is -2.26. The highest BCUT2D eigenvalue weighted by molar-refractivity contribution is 6.35. The van der Waals surface area contributed by atoms with E-state index in [1.54, 1.807) is 6.07 Å². The van der Waals surface area contributed by atoms with Gasteiger partial charge in [0.05, 0.1) is 10.5 Å². The van der Waals surface area contributed by atoms with E-state index >= 15 is 0 Å². The average Bonchev–Trinajstić information content (AvgIpc) is 2.77. The van der Waals surface area contributed by atoms with E-state index < -0.39 is 6.36 Å². The fourth-order valence-corrected chi connectivity index (χ4v) is 4.10. The quantitative estimate of drug-likeness (QED) is 0.408. The number of anilines is 2. The van der Waals surface area contributed by atoms with Gasteiger partial charge in [-0.25, -0.2) is 4.98 Å². The van der Waals surface area contributed by atoms with Crippen LogP contribution in [0.1, 0.15) is 24.8 Å². The van der Waals surface area contributed by atoms with E-state index in [0.29, 0.717) is 28.7 Å². The van der Waals surface area contributed by atoms with Crippen molar-refractivity contribution in [3.8, 4) is 11.5 Å². The third-order valence-corrected chi connectivity index (χ3v) is 5.86. The molecule has 0 aliphatic carbocycles. The maximum atomic E-state index is 12.4. The van der Waals surface area contributed by atoms with Gasteiger partial charge in [-0.3, -0.25) is 4.90 Å². The number of aryl methyl sites for hydroxylation is 1. The molecule has 9 heteroatoms. The predicted molar refractivity (Wildman–Crippen MR) is 124 cm³/mol. The first-order valence-electron chi connectivity index (χ1n) is 10.9. The van der Waals surface area contributed by atoms with Crippen LogP contribution in [-0.4, -0.2) is 42.5 Å². The molecule has 33 heavy (non-hydrogen) atoms. The summed E-state index contributed by atoms with van der Waals surface area (Å²) < 4.78 is 47.1. The molecule has 1 N–H and O–H groups in total. The molecule has 0 unspecified atom stereocenters. The number of halogens is 4. The highest BCUT2D eigenvalue weighted by atomic mass is 35.5. The molecule has 1 aliphatic rings. The number of pyridine rings is 1. The number of likely N-dealkylation sites (tertiary alicyclic amines) is 1. The van der Waals surface area contributed by atoms with Crippen molar-refractivity contribution in [3.05, 3.63) is 53.1 Å². The lowest BCUT2D eigenvalue weighted by atomic mass is 10.1. The first-order valence-corrected chi connectivity index (χ1v) is 11.2. The van der Waals surface area contributed by atoms with E-state index in [1.165, 1.54) is 43.5 Å². The number of alkyl halides is 3. The molecule has 3 aromatic rings. The van der Waals surface area contributed by atoms with Crippen LogP contribution in [-0.2, 0) is 0 Å². The van der Waals surface area contributed by atoms with Gasteiger partial charge in [-0.15, -0.1) is 13.2 Å². The molecule has 0 atom stereocenters. The van der Waals surface area contributed by atoms with Gasteiger partial charge < -0.3 is 14.8 Å². The van der Waals surface area contributed by atoms with Gasteiger partial charge >= 0.3 is 6.36 Å². The predicted octanol–water partition coefficient (Wildman–Crippen LogP) is 6.70. The van der Waals surface area contributed by atoms with Crippen molar-refractivity contribution in [3.63, 3.8) is 0 Å². The summed E-state index contributed by atoms with van der Waals surface area (Å²) in [5, 5.41) is 4.44. The summed E-state index contributed by atoms with van der Waals surface area (Å²) in [6.07, 6.45) is -0.955. The standard InChI is InChI=1S/C24H25ClF3N3O2/c1-16-15-19-21(32-14-13-31-11-3-2-4-12-31)10-9-20(25)22(19)30-23(16)29-17-5-7-18(8-6-17)33-24(26,27)28/h5-10,15H,2-4,11-14H2,1H3,(H,29,30). The molecule has 176 valence electrons. The smallest absolute Gasteiger partial charge is 0.492 e. The zero-order chi connectivity index (χ0) is 23.4. The number of piperidine rings is 1. The molecule has 1 aromatic heterocycles. The molecule has 0 saturated carbocycles. The summed E-state index contributed by atoms with van der Waals surface area (Å²) in [7, 11) is 0. The molecule has 1 saturated heterocycles. The Bertz CT molecular complexity index is 1100. The SMILES string of the molecule is Cc1cc2c(OCCN3CCCCC3)ccc(Cl)c2nc1Nc1ccc(OC(F)(F)F)cc1. The summed E-state index contributed by atoms with van der Waals surface area (Å²) in [5.41, 5.74) is 2.02. The normalized spacial score (nSPS) is 14.9. The molecule has 0 amide bonds. The van der Waals surface area contributed by atoms with Crippen molar-refractivity contribution in [2.24, 2.45) is 0 Å². The number of hydrogen-bond donors (Lipinski definition) is 1. The van der Waals surface area contributed by atoms with Crippen molar-refractivity contribution in [1.82, 2.24) is 9.88 Å². The number of aromatic nitrogens is 1. The molecule has 0 spiro atoms. The molecule has 4 rings (SSSR count). The Labute approximate surface area is 195 Å². The van der Waals surface area contributed by atoms with Crippen LogP contribution in [0.5, 0.6) is 11.5 Å². The minimum absolute atomic E-state index is 0.286. The lowest BCUT2D eigenvalue weighted by Crippen LogP contribution is -2.33. The van der Waals surface area contributed by atoms with Crippen LogP contribution in [0.2, 0.25) is 5.02 Å². The van der Waals surface area contributed by atoms with Gasteiger partial charge in [-0.05, 0) is 80.9 Å². The van der Waals surface area contributed by atoms with E-state index in [1.807, 2.05) is 19.1 Å². The Kier molecular flexibility index (Phi) is 7.14. The number of rotatable bonds is 7. The van der Waals surface area contributed by atoms with Crippen LogP contribution in [0.3, 0.4) is 0 Å². The number of hydrogen-bond acceptors (Lipinski definition) is 5. The number of nitrogens with zero attached hydrogens (tertiary/aromatic N) is 2. The molecule has 2 heterocycles. The van der Waals surface area contributed by atoms with E-state index in [4.69, 9.17) is 16.3 Å². The summed E-state index contributed by atoms with van der Waals surface area (Å²) in [4.78, 5) is 7.08. The second kappa shape index (κ2) is 10.1.